The molecule has 54 heavy (non-hydrogen) atoms. The van der Waals surface area contributed by atoms with E-state index in [0.717, 1.165) is 51.4 Å². The number of rotatable bonds is 44. The molecule has 4 atom stereocenters. The number of aliphatic hydroxyl groups is 2. The number of hydrogen-bond acceptors (Lipinski definition) is 3. The van der Waals surface area contributed by atoms with Crippen molar-refractivity contribution in [3.8, 4) is 0 Å². The van der Waals surface area contributed by atoms with Gasteiger partial charge in [-0.1, -0.05) is 246 Å². The lowest BCUT2D eigenvalue weighted by molar-refractivity contribution is 0.0356. The molecular weight excluding hydrogens is 681 g/mol. The summed E-state index contributed by atoms with van der Waals surface area (Å²) in [5, 5.41) is 23.6. The highest BCUT2D eigenvalue weighted by Gasteiger charge is 2.35. The smallest absolute Gasteiger partial charge is 0.0631 e. The Morgan fingerprint density at radius 1 is 0.352 bits per heavy atom. The van der Waals surface area contributed by atoms with E-state index in [1.165, 1.54) is 193 Å². The topological polar surface area (TPSA) is 57.5 Å². The average Bonchev–Trinajstić information content (AvgIpc) is 3.14. The maximum absolute atomic E-state index is 14.8. The third-order valence-corrected chi connectivity index (χ3v) is 14.5. The van der Waals surface area contributed by atoms with Crippen LogP contribution in [0.5, 0.6) is 0 Å². The van der Waals surface area contributed by atoms with Crippen LogP contribution in [-0.4, -0.2) is 36.1 Å². The van der Waals surface area contributed by atoms with Gasteiger partial charge in [-0.05, 0) is 52.4 Å². The Kier molecular flexibility index (Phi) is 38.6. The SMILES string of the molecule is CCCCCCCCCCCC(CC(C)(O)CCCCCCCCCC)S(=O)C(CCCCCCCCCCC)CC(C)(O)CCCCCCCCCC. The van der Waals surface area contributed by atoms with E-state index in [0.29, 0.717) is 12.8 Å². The standard InChI is InChI=1S/C50H102O3S/c1-7-11-15-19-23-27-29-33-37-41-47(45-49(5,51)43-39-35-31-25-21-17-13-9-3)54(53)48(42-38-34-30-28-24-20-16-12-8-2)46-50(6,52)44-40-36-32-26-22-18-14-10-4/h47-48,51-52H,7-46H2,1-6H3. The zero-order valence-corrected chi connectivity index (χ0v) is 39.0. The largest absolute Gasteiger partial charge is 0.390 e. The highest BCUT2D eigenvalue weighted by Crippen LogP contribution is 2.33. The highest BCUT2D eigenvalue weighted by atomic mass is 32.2. The molecule has 326 valence electrons. The average molecular weight is 783 g/mol. The van der Waals surface area contributed by atoms with Gasteiger partial charge in [-0.3, -0.25) is 4.21 Å². The molecule has 0 aliphatic heterocycles. The maximum Gasteiger partial charge on any atom is 0.0631 e. The van der Waals surface area contributed by atoms with Crippen LogP contribution in [0.25, 0.3) is 0 Å². The molecule has 0 radical (unpaired) electrons. The quantitative estimate of drug-likeness (QED) is 0.0605. The molecule has 0 aromatic heterocycles. The zero-order chi connectivity index (χ0) is 40.0. The van der Waals surface area contributed by atoms with E-state index in [-0.39, 0.29) is 10.5 Å². The molecule has 4 unspecified atom stereocenters. The summed E-state index contributed by atoms with van der Waals surface area (Å²) < 4.78 is 14.8. The fourth-order valence-electron chi connectivity index (χ4n) is 8.70. The first-order chi connectivity index (χ1) is 26.1. The van der Waals surface area contributed by atoms with Gasteiger partial charge in [-0.25, -0.2) is 0 Å². The van der Waals surface area contributed by atoms with Crippen molar-refractivity contribution < 1.29 is 14.4 Å². The van der Waals surface area contributed by atoms with Crippen LogP contribution in [0.2, 0.25) is 0 Å². The fourth-order valence-corrected chi connectivity index (χ4v) is 11.1. The van der Waals surface area contributed by atoms with Crippen LogP contribution in [-0.2, 0) is 10.8 Å². The van der Waals surface area contributed by atoms with Crippen LogP contribution in [0.3, 0.4) is 0 Å². The van der Waals surface area contributed by atoms with Crippen molar-refractivity contribution in [2.75, 3.05) is 0 Å². The van der Waals surface area contributed by atoms with E-state index in [1.54, 1.807) is 0 Å². The normalized spacial score (nSPS) is 15.9. The zero-order valence-electron chi connectivity index (χ0n) is 38.1. The second-order valence-electron chi connectivity index (χ2n) is 18.7. The Morgan fingerprint density at radius 2 is 0.556 bits per heavy atom. The van der Waals surface area contributed by atoms with Gasteiger partial charge in [0.1, 0.15) is 0 Å². The Hall–Kier alpha value is 0.0700. The van der Waals surface area contributed by atoms with E-state index < -0.39 is 22.0 Å². The fraction of sp³-hybridized carbons (Fsp3) is 1.00. The van der Waals surface area contributed by atoms with Crippen molar-refractivity contribution in [1.82, 2.24) is 0 Å². The molecule has 0 amide bonds. The van der Waals surface area contributed by atoms with Gasteiger partial charge in [0.15, 0.2) is 0 Å². The molecule has 0 aliphatic carbocycles. The third kappa shape index (κ3) is 35.2. The minimum absolute atomic E-state index is 0.0149. The van der Waals surface area contributed by atoms with Gasteiger partial charge >= 0.3 is 0 Å². The van der Waals surface area contributed by atoms with Gasteiger partial charge in [0.25, 0.3) is 0 Å². The van der Waals surface area contributed by atoms with Gasteiger partial charge < -0.3 is 10.2 Å². The molecule has 0 bridgehead atoms. The summed E-state index contributed by atoms with van der Waals surface area (Å²) in [5.74, 6) is 0. The van der Waals surface area contributed by atoms with Gasteiger partial charge in [-0.2, -0.15) is 0 Å². The van der Waals surface area contributed by atoms with Gasteiger partial charge in [-0.15, -0.1) is 0 Å². The molecule has 0 saturated heterocycles. The van der Waals surface area contributed by atoms with Crippen LogP contribution in [0.1, 0.15) is 298 Å². The highest BCUT2D eigenvalue weighted by molar-refractivity contribution is 7.86. The summed E-state index contributed by atoms with van der Waals surface area (Å²) in [6.45, 7) is 13.2. The van der Waals surface area contributed by atoms with Gasteiger partial charge in [0.05, 0.1) is 11.2 Å². The van der Waals surface area contributed by atoms with E-state index in [9.17, 15) is 14.4 Å². The van der Waals surface area contributed by atoms with Crippen LogP contribution in [0, 0.1) is 0 Å². The molecule has 0 aliphatic rings. The van der Waals surface area contributed by atoms with E-state index in [2.05, 4.69) is 27.7 Å². The Labute approximate surface area is 344 Å². The lowest BCUT2D eigenvalue weighted by atomic mass is 9.90. The predicted octanol–water partition coefficient (Wildman–Crippen LogP) is 16.7. The van der Waals surface area contributed by atoms with Crippen molar-refractivity contribution in [3.63, 3.8) is 0 Å². The van der Waals surface area contributed by atoms with E-state index >= 15 is 0 Å². The molecule has 0 fully saturated rings. The first-order valence-corrected chi connectivity index (χ1v) is 26.2. The molecule has 0 rings (SSSR count). The predicted molar refractivity (Wildman–Crippen MR) is 244 cm³/mol. The summed E-state index contributed by atoms with van der Waals surface area (Å²) in [6.07, 6.45) is 48.4. The molecule has 0 heterocycles. The summed E-state index contributed by atoms with van der Waals surface area (Å²) in [4.78, 5) is 0. The Morgan fingerprint density at radius 3 is 0.796 bits per heavy atom. The molecule has 0 saturated carbocycles. The van der Waals surface area contributed by atoms with Gasteiger partial charge in [0, 0.05) is 21.3 Å². The third-order valence-electron chi connectivity index (χ3n) is 12.4. The lowest BCUT2D eigenvalue weighted by Gasteiger charge is -2.34. The molecular formula is C50H102O3S. The van der Waals surface area contributed by atoms with Crippen molar-refractivity contribution in [2.45, 2.75) is 320 Å². The summed E-state index contributed by atoms with van der Waals surface area (Å²) in [7, 11) is -1.06. The maximum atomic E-state index is 14.8. The van der Waals surface area contributed by atoms with Crippen LogP contribution in [0.15, 0.2) is 0 Å². The van der Waals surface area contributed by atoms with Crippen LogP contribution in [0.4, 0.5) is 0 Å². The summed E-state index contributed by atoms with van der Waals surface area (Å²) in [6, 6.07) is 0. The van der Waals surface area contributed by atoms with Crippen molar-refractivity contribution in [2.24, 2.45) is 0 Å². The first-order valence-electron chi connectivity index (χ1n) is 25.0. The second-order valence-corrected chi connectivity index (χ2v) is 20.6. The molecule has 2 N–H and O–H groups in total. The van der Waals surface area contributed by atoms with Crippen molar-refractivity contribution >= 4 is 10.8 Å². The van der Waals surface area contributed by atoms with Crippen LogP contribution >= 0.6 is 0 Å². The molecule has 0 spiro atoms. The van der Waals surface area contributed by atoms with Crippen molar-refractivity contribution in [3.05, 3.63) is 0 Å². The van der Waals surface area contributed by atoms with Crippen LogP contribution < -0.4 is 0 Å². The Bertz CT molecular complexity index is 718. The summed E-state index contributed by atoms with van der Waals surface area (Å²) >= 11 is 0. The van der Waals surface area contributed by atoms with Crippen molar-refractivity contribution in [1.29, 1.82) is 0 Å². The van der Waals surface area contributed by atoms with E-state index in [1.807, 2.05) is 13.8 Å². The molecule has 0 aromatic rings. The number of hydrogen-bond donors (Lipinski definition) is 2. The summed E-state index contributed by atoms with van der Waals surface area (Å²) in [5.41, 5.74) is -1.55. The minimum Gasteiger partial charge on any atom is -0.390 e. The minimum atomic E-state index is -1.06. The molecule has 0 aromatic carbocycles. The monoisotopic (exact) mass is 783 g/mol. The lowest BCUT2D eigenvalue weighted by Crippen LogP contribution is -2.39. The van der Waals surface area contributed by atoms with Gasteiger partial charge in [0.2, 0.25) is 0 Å². The second kappa shape index (κ2) is 38.6. The molecule has 4 heteroatoms. The van der Waals surface area contributed by atoms with E-state index in [4.69, 9.17) is 0 Å². The Balaban J connectivity index is 5.50. The first kappa shape index (κ1) is 54.1. The number of unbranched alkanes of at least 4 members (excludes halogenated alkanes) is 30. The molecule has 3 nitrogen and oxygen atoms in total.